The minimum atomic E-state index is -4.44. The lowest BCUT2D eigenvalue weighted by molar-refractivity contribution is -0.136. The average molecular weight is 562 g/mol. The minimum absolute atomic E-state index is 0.108. The Bertz CT molecular complexity index is 1430. The number of nitrogens with zero attached hydrogens (tertiary/aromatic N) is 3. The van der Waals surface area contributed by atoms with Gasteiger partial charge in [-0.05, 0) is 36.8 Å². The summed E-state index contributed by atoms with van der Waals surface area (Å²) in [5, 5.41) is 10.1. The SMILES string of the molecule is CC(CC(F)(F)F)Nc1nnc(-c2cc3c(cc2F)S(=O)(=O)C[C@H](N)C(=O)N3Cc2ccc(Cl)cc2)o1. The van der Waals surface area contributed by atoms with Crippen molar-refractivity contribution in [3.63, 3.8) is 0 Å². The lowest BCUT2D eigenvalue weighted by Gasteiger charge is -2.24. The molecule has 1 aliphatic heterocycles. The highest BCUT2D eigenvalue weighted by molar-refractivity contribution is 7.91. The molecular formula is C22H20ClF4N5O4S. The molecule has 9 nitrogen and oxygen atoms in total. The number of nitrogens with one attached hydrogen (secondary N) is 1. The van der Waals surface area contributed by atoms with Gasteiger partial charge in [-0.1, -0.05) is 28.8 Å². The molecule has 0 radical (unpaired) electrons. The van der Waals surface area contributed by atoms with E-state index in [-0.39, 0.29) is 17.8 Å². The molecule has 3 aromatic rings. The molecule has 3 N–H and O–H groups in total. The van der Waals surface area contributed by atoms with E-state index in [1.807, 2.05) is 0 Å². The predicted molar refractivity (Wildman–Crippen MR) is 126 cm³/mol. The summed E-state index contributed by atoms with van der Waals surface area (Å²) in [7, 11) is -4.18. The molecule has 37 heavy (non-hydrogen) atoms. The second-order valence-corrected chi connectivity index (χ2v) is 11.0. The van der Waals surface area contributed by atoms with Crippen LogP contribution >= 0.6 is 11.6 Å². The zero-order chi connectivity index (χ0) is 27.1. The van der Waals surface area contributed by atoms with Crippen molar-refractivity contribution in [1.82, 2.24) is 10.2 Å². The maximum atomic E-state index is 15.1. The first-order valence-electron chi connectivity index (χ1n) is 10.8. The summed E-state index contributed by atoms with van der Waals surface area (Å²) in [6, 6.07) is 5.28. The van der Waals surface area contributed by atoms with Crippen LogP contribution in [-0.2, 0) is 21.2 Å². The average Bonchev–Trinajstić information content (AvgIpc) is 3.22. The highest BCUT2D eigenvalue weighted by atomic mass is 35.5. The standard InChI is InChI=1S/C22H20ClF4N5O4S/c1-11(8-22(25,26)27)29-21-31-30-19(36-21)14-6-17-18(7-15(14)24)37(34,35)10-16(28)20(33)32(17)9-12-2-4-13(23)5-3-12/h2-7,11,16H,8-10,28H2,1H3,(H,29,31)/t11?,16-/m0/s1. The normalized spacial score (nSPS) is 18.3. The number of sulfone groups is 1. The van der Waals surface area contributed by atoms with E-state index in [0.29, 0.717) is 10.6 Å². The van der Waals surface area contributed by atoms with E-state index in [1.54, 1.807) is 24.3 Å². The summed E-state index contributed by atoms with van der Waals surface area (Å²) in [5.41, 5.74) is 5.93. The molecular weight excluding hydrogens is 542 g/mol. The maximum absolute atomic E-state index is 15.1. The number of rotatable bonds is 6. The molecule has 1 aliphatic rings. The molecule has 0 fully saturated rings. The lowest BCUT2D eigenvalue weighted by Crippen LogP contribution is -2.45. The van der Waals surface area contributed by atoms with Gasteiger partial charge < -0.3 is 20.4 Å². The Kier molecular flexibility index (Phi) is 7.18. The van der Waals surface area contributed by atoms with E-state index in [1.165, 1.54) is 6.92 Å². The van der Waals surface area contributed by atoms with E-state index in [0.717, 1.165) is 17.0 Å². The highest BCUT2D eigenvalue weighted by Crippen LogP contribution is 2.37. The summed E-state index contributed by atoms with van der Waals surface area (Å²) in [4.78, 5) is 13.8. The van der Waals surface area contributed by atoms with Gasteiger partial charge in [0.2, 0.25) is 5.91 Å². The van der Waals surface area contributed by atoms with Crippen molar-refractivity contribution in [2.24, 2.45) is 5.73 Å². The Morgan fingerprint density at radius 3 is 2.57 bits per heavy atom. The lowest BCUT2D eigenvalue weighted by atomic mass is 10.1. The number of halogens is 5. The second-order valence-electron chi connectivity index (χ2n) is 8.52. The predicted octanol–water partition coefficient (Wildman–Crippen LogP) is 3.93. The highest BCUT2D eigenvalue weighted by Gasteiger charge is 2.37. The first-order chi connectivity index (χ1) is 17.2. The molecule has 198 valence electrons. The van der Waals surface area contributed by atoms with Gasteiger partial charge in [-0.3, -0.25) is 4.79 Å². The molecule has 2 aromatic carbocycles. The van der Waals surface area contributed by atoms with E-state index < -0.39 is 68.8 Å². The van der Waals surface area contributed by atoms with Crippen LogP contribution < -0.4 is 16.0 Å². The Hall–Kier alpha value is -3.23. The second kappa shape index (κ2) is 9.91. The van der Waals surface area contributed by atoms with Crippen LogP contribution in [0, 0.1) is 5.82 Å². The van der Waals surface area contributed by atoms with Crippen molar-refractivity contribution in [3.05, 3.63) is 52.8 Å². The van der Waals surface area contributed by atoms with Crippen molar-refractivity contribution >= 4 is 39.0 Å². The molecule has 0 saturated heterocycles. The Labute approximate surface area is 213 Å². The van der Waals surface area contributed by atoms with Crippen molar-refractivity contribution in [3.8, 4) is 11.5 Å². The largest absolute Gasteiger partial charge is 0.403 e. The van der Waals surface area contributed by atoms with Gasteiger partial charge in [0, 0.05) is 11.1 Å². The van der Waals surface area contributed by atoms with Crippen LogP contribution in [0.5, 0.6) is 0 Å². The minimum Gasteiger partial charge on any atom is -0.403 e. The summed E-state index contributed by atoms with van der Waals surface area (Å²) in [5.74, 6) is -2.95. The van der Waals surface area contributed by atoms with Gasteiger partial charge in [0.25, 0.3) is 5.89 Å². The molecule has 1 amide bonds. The fourth-order valence-corrected chi connectivity index (χ4v) is 5.51. The number of benzene rings is 2. The Morgan fingerprint density at radius 1 is 1.24 bits per heavy atom. The van der Waals surface area contributed by atoms with E-state index >= 15 is 4.39 Å². The van der Waals surface area contributed by atoms with Gasteiger partial charge in [-0.25, -0.2) is 12.8 Å². The van der Waals surface area contributed by atoms with Crippen LogP contribution in [0.25, 0.3) is 11.5 Å². The molecule has 0 saturated carbocycles. The van der Waals surface area contributed by atoms with Gasteiger partial charge in [0.1, 0.15) is 5.82 Å². The number of amides is 1. The van der Waals surface area contributed by atoms with Crippen LogP contribution in [0.2, 0.25) is 5.02 Å². The van der Waals surface area contributed by atoms with Gasteiger partial charge in [0.05, 0.1) is 40.9 Å². The number of carbonyl (C=O) groups is 1. The van der Waals surface area contributed by atoms with Crippen LogP contribution in [0.4, 0.5) is 29.3 Å². The van der Waals surface area contributed by atoms with Crippen LogP contribution in [-0.4, -0.2) is 48.5 Å². The quantitative estimate of drug-likeness (QED) is 0.433. The summed E-state index contributed by atoms with van der Waals surface area (Å²) < 4.78 is 84.1. The Morgan fingerprint density at radius 2 is 1.92 bits per heavy atom. The number of anilines is 2. The molecule has 0 aliphatic carbocycles. The summed E-state index contributed by atoms with van der Waals surface area (Å²) in [6.07, 6.45) is -5.62. The Balaban J connectivity index is 1.76. The number of carbonyl (C=O) groups excluding carboxylic acids is 1. The van der Waals surface area contributed by atoms with E-state index in [4.69, 9.17) is 21.8 Å². The number of aromatic nitrogens is 2. The smallest absolute Gasteiger partial charge is 0.391 e. The van der Waals surface area contributed by atoms with E-state index in [9.17, 15) is 26.4 Å². The third kappa shape index (κ3) is 6.02. The number of hydrogen-bond acceptors (Lipinski definition) is 8. The molecule has 2 heterocycles. The topological polar surface area (TPSA) is 131 Å². The fraction of sp³-hybridized carbons (Fsp3) is 0.318. The number of nitrogens with two attached hydrogens (primary N) is 1. The molecule has 2 atom stereocenters. The molecule has 0 bridgehead atoms. The molecule has 15 heteroatoms. The first-order valence-corrected chi connectivity index (χ1v) is 12.8. The zero-order valence-electron chi connectivity index (χ0n) is 19.1. The number of fused-ring (bicyclic) bond motifs is 1. The van der Waals surface area contributed by atoms with Crippen LogP contribution in [0.1, 0.15) is 18.9 Å². The number of alkyl halides is 3. The van der Waals surface area contributed by atoms with Crippen molar-refractivity contribution in [2.75, 3.05) is 16.0 Å². The zero-order valence-corrected chi connectivity index (χ0v) is 20.7. The van der Waals surface area contributed by atoms with Crippen molar-refractivity contribution < 1.29 is 35.2 Å². The molecule has 1 aromatic heterocycles. The molecule has 4 rings (SSSR count). The monoisotopic (exact) mass is 561 g/mol. The van der Waals surface area contributed by atoms with Crippen molar-refractivity contribution in [2.45, 2.75) is 43.0 Å². The van der Waals surface area contributed by atoms with Crippen molar-refractivity contribution in [1.29, 1.82) is 0 Å². The third-order valence-corrected chi connectivity index (χ3v) is 7.52. The van der Waals surface area contributed by atoms with Gasteiger partial charge >= 0.3 is 12.2 Å². The molecule has 0 spiro atoms. The first kappa shape index (κ1) is 26.8. The van der Waals surface area contributed by atoms with Gasteiger partial charge in [-0.15, -0.1) is 5.10 Å². The van der Waals surface area contributed by atoms with Crippen LogP contribution in [0.3, 0.4) is 0 Å². The fourth-order valence-electron chi connectivity index (χ4n) is 3.82. The maximum Gasteiger partial charge on any atom is 0.391 e. The van der Waals surface area contributed by atoms with E-state index in [2.05, 4.69) is 15.5 Å². The number of hydrogen-bond donors (Lipinski definition) is 2. The summed E-state index contributed by atoms with van der Waals surface area (Å²) >= 11 is 5.92. The summed E-state index contributed by atoms with van der Waals surface area (Å²) in [6.45, 7) is 1.14. The molecule has 1 unspecified atom stereocenters. The van der Waals surface area contributed by atoms with Gasteiger partial charge in [-0.2, -0.15) is 13.2 Å². The van der Waals surface area contributed by atoms with Crippen LogP contribution in [0.15, 0.2) is 45.7 Å². The van der Waals surface area contributed by atoms with Gasteiger partial charge in [0.15, 0.2) is 9.84 Å². The third-order valence-electron chi connectivity index (χ3n) is 5.47.